The zero-order valence-electron chi connectivity index (χ0n) is 18.1. The van der Waals surface area contributed by atoms with E-state index in [9.17, 15) is 17.6 Å². The summed E-state index contributed by atoms with van der Waals surface area (Å²) in [6.45, 7) is 0.514. The van der Waals surface area contributed by atoms with E-state index < -0.39 is 28.3 Å². The molecular weight excluding hydrogens is 479 g/mol. The minimum absolute atomic E-state index is 0.0451. The summed E-state index contributed by atoms with van der Waals surface area (Å²) < 4.78 is 52.8. The number of carbonyl (C=O) groups is 1. The Bertz CT molecular complexity index is 1260. The molecule has 1 amide bonds. The van der Waals surface area contributed by atoms with Gasteiger partial charge in [0, 0.05) is 23.3 Å². The van der Waals surface area contributed by atoms with Crippen molar-refractivity contribution in [1.29, 1.82) is 0 Å². The highest BCUT2D eigenvalue weighted by Crippen LogP contribution is 2.34. The van der Waals surface area contributed by atoms with Gasteiger partial charge in [-0.15, -0.1) is 11.8 Å². The number of carbonyl (C=O) groups excluding carboxylic acids is 1. The maximum atomic E-state index is 13.9. The molecule has 0 fully saturated rings. The molecule has 0 saturated heterocycles. The molecule has 0 bridgehead atoms. The van der Waals surface area contributed by atoms with Gasteiger partial charge in [-0.1, -0.05) is 24.3 Å². The predicted molar refractivity (Wildman–Crippen MR) is 129 cm³/mol. The minimum Gasteiger partial charge on any atom is -0.486 e. The number of sulfonamides is 1. The molecule has 0 atom stereocenters. The summed E-state index contributed by atoms with van der Waals surface area (Å²) in [5, 5.41) is 2.74. The van der Waals surface area contributed by atoms with E-state index in [1.54, 1.807) is 11.8 Å². The molecular formula is C24H23FN2O5S2. The molecule has 0 spiro atoms. The lowest BCUT2D eigenvalue weighted by Crippen LogP contribution is -2.41. The van der Waals surface area contributed by atoms with E-state index in [1.807, 2.05) is 30.3 Å². The fourth-order valence-electron chi connectivity index (χ4n) is 3.32. The standard InChI is InChI=1S/C24H23FN2O5S2/c25-18-5-4-6-19(15-18)27(17-24(28)26-11-14-33-20-7-2-1-3-8-20)34(29,30)21-9-10-22-23(16-21)32-13-12-31-22/h1-10,15-16H,11-14,17H2,(H,26,28). The fourth-order valence-corrected chi connectivity index (χ4v) is 5.54. The van der Waals surface area contributed by atoms with Crippen molar-refractivity contribution in [1.82, 2.24) is 5.32 Å². The number of ether oxygens (including phenoxy) is 2. The molecule has 0 saturated carbocycles. The number of halogens is 1. The molecule has 34 heavy (non-hydrogen) atoms. The van der Waals surface area contributed by atoms with E-state index in [4.69, 9.17) is 9.47 Å². The van der Waals surface area contributed by atoms with Gasteiger partial charge in [0.1, 0.15) is 25.6 Å². The Hall–Kier alpha value is -3.24. The van der Waals surface area contributed by atoms with Gasteiger partial charge in [-0.3, -0.25) is 9.10 Å². The van der Waals surface area contributed by atoms with E-state index in [-0.39, 0.29) is 10.6 Å². The Morgan fingerprint density at radius 1 is 0.971 bits per heavy atom. The van der Waals surface area contributed by atoms with Crippen molar-refractivity contribution in [2.24, 2.45) is 0 Å². The van der Waals surface area contributed by atoms with Crippen LogP contribution in [-0.4, -0.2) is 46.4 Å². The lowest BCUT2D eigenvalue weighted by Gasteiger charge is -2.25. The van der Waals surface area contributed by atoms with Crippen LogP contribution in [0.1, 0.15) is 0 Å². The number of benzene rings is 3. The molecule has 1 aliphatic rings. The Balaban J connectivity index is 1.50. The van der Waals surface area contributed by atoms with Crippen molar-refractivity contribution in [3.63, 3.8) is 0 Å². The molecule has 4 rings (SSSR count). The molecule has 0 unspecified atom stereocenters. The van der Waals surface area contributed by atoms with Gasteiger partial charge in [0.15, 0.2) is 11.5 Å². The van der Waals surface area contributed by atoms with Crippen molar-refractivity contribution < 1.29 is 27.1 Å². The van der Waals surface area contributed by atoms with E-state index in [0.717, 1.165) is 15.3 Å². The SMILES string of the molecule is O=C(CN(c1cccc(F)c1)S(=O)(=O)c1ccc2c(c1)OCCO2)NCCSc1ccccc1. The third-order valence-corrected chi connectivity index (χ3v) is 7.70. The number of rotatable bonds is 9. The van der Waals surface area contributed by atoms with Crippen molar-refractivity contribution >= 4 is 33.4 Å². The van der Waals surface area contributed by atoms with Crippen LogP contribution >= 0.6 is 11.8 Å². The van der Waals surface area contributed by atoms with Gasteiger partial charge < -0.3 is 14.8 Å². The topological polar surface area (TPSA) is 84.9 Å². The van der Waals surface area contributed by atoms with Crippen molar-refractivity contribution in [3.8, 4) is 11.5 Å². The second kappa shape index (κ2) is 10.8. The third kappa shape index (κ3) is 5.81. The average Bonchev–Trinajstić information content (AvgIpc) is 2.85. The summed E-state index contributed by atoms with van der Waals surface area (Å²) in [6, 6.07) is 19.1. The quantitative estimate of drug-likeness (QED) is 0.355. The van der Waals surface area contributed by atoms with Gasteiger partial charge >= 0.3 is 0 Å². The molecule has 0 aromatic heterocycles. The van der Waals surface area contributed by atoms with E-state index in [1.165, 1.54) is 36.4 Å². The largest absolute Gasteiger partial charge is 0.486 e. The summed E-state index contributed by atoms with van der Waals surface area (Å²) in [7, 11) is -4.21. The molecule has 178 valence electrons. The summed E-state index contributed by atoms with van der Waals surface area (Å²) in [5.74, 6) is 0.244. The van der Waals surface area contributed by atoms with Gasteiger partial charge in [0.25, 0.3) is 10.0 Å². The Labute approximate surface area is 201 Å². The molecule has 0 aliphatic carbocycles. The van der Waals surface area contributed by atoms with Crippen LogP contribution in [0, 0.1) is 5.82 Å². The van der Waals surface area contributed by atoms with Gasteiger partial charge in [-0.25, -0.2) is 12.8 Å². The highest BCUT2D eigenvalue weighted by molar-refractivity contribution is 7.99. The van der Waals surface area contributed by atoms with Gasteiger partial charge in [0.05, 0.1) is 10.6 Å². The van der Waals surface area contributed by atoms with Crippen molar-refractivity contribution in [2.75, 3.05) is 36.4 Å². The van der Waals surface area contributed by atoms with E-state index >= 15 is 0 Å². The molecule has 1 aliphatic heterocycles. The van der Waals surface area contributed by atoms with Crippen LogP contribution in [0.3, 0.4) is 0 Å². The number of fused-ring (bicyclic) bond motifs is 1. The van der Waals surface area contributed by atoms with Crippen molar-refractivity contribution in [2.45, 2.75) is 9.79 Å². The van der Waals surface area contributed by atoms with Crippen LogP contribution in [0.2, 0.25) is 0 Å². The van der Waals surface area contributed by atoms with Crippen LogP contribution in [0.5, 0.6) is 11.5 Å². The van der Waals surface area contributed by atoms with Crippen LogP contribution in [0.25, 0.3) is 0 Å². The van der Waals surface area contributed by atoms with E-state index in [0.29, 0.717) is 37.0 Å². The first kappa shape index (κ1) is 23.9. The van der Waals surface area contributed by atoms with Crippen LogP contribution in [0.4, 0.5) is 10.1 Å². The number of thioether (sulfide) groups is 1. The Morgan fingerprint density at radius 2 is 1.74 bits per heavy atom. The minimum atomic E-state index is -4.21. The zero-order chi connectivity index (χ0) is 24.0. The van der Waals surface area contributed by atoms with Gasteiger partial charge in [-0.05, 0) is 42.5 Å². The smallest absolute Gasteiger partial charge is 0.264 e. The molecule has 1 heterocycles. The van der Waals surface area contributed by atoms with Gasteiger partial charge in [-0.2, -0.15) is 0 Å². The number of hydrogen-bond donors (Lipinski definition) is 1. The van der Waals surface area contributed by atoms with Crippen molar-refractivity contribution in [3.05, 3.63) is 78.6 Å². The molecule has 7 nitrogen and oxygen atoms in total. The van der Waals surface area contributed by atoms with Gasteiger partial charge in [0.2, 0.25) is 5.91 Å². The van der Waals surface area contributed by atoms with Crippen LogP contribution in [-0.2, 0) is 14.8 Å². The van der Waals surface area contributed by atoms with E-state index in [2.05, 4.69) is 5.32 Å². The second-order valence-corrected chi connectivity index (χ2v) is 10.3. The summed E-state index contributed by atoms with van der Waals surface area (Å²) in [5.41, 5.74) is 0.0451. The molecule has 0 radical (unpaired) electrons. The summed E-state index contributed by atoms with van der Waals surface area (Å²) >= 11 is 1.57. The first-order chi connectivity index (χ1) is 16.4. The molecule has 10 heteroatoms. The first-order valence-corrected chi connectivity index (χ1v) is 13.0. The maximum Gasteiger partial charge on any atom is 0.264 e. The number of anilines is 1. The monoisotopic (exact) mass is 502 g/mol. The highest BCUT2D eigenvalue weighted by Gasteiger charge is 2.29. The highest BCUT2D eigenvalue weighted by atomic mass is 32.2. The fraction of sp³-hybridized carbons (Fsp3) is 0.208. The lowest BCUT2D eigenvalue weighted by molar-refractivity contribution is -0.119. The normalized spacial score (nSPS) is 12.7. The third-order valence-electron chi connectivity index (χ3n) is 4.92. The number of hydrogen-bond acceptors (Lipinski definition) is 6. The predicted octanol–water partition coefficient (Wildman–Crippen LogP) is 3.70. The maximum absolute atomic E-state index is 13.9. The first-order valence-electron chi connectivity index (χ1n) is 10.6. The average molecular weight is 503 g/mol. The Morgan fingerprint density at radius 3 is 2.50 bits per heavy atom. The summed E-state index contributed by atoms with van der Waals surface area (Å²) in [6.07, 6.45) is 0. The molecule has 3 aromatic carbocycles. The second-order valence-electron chi connectivity index (χ2n) is 7.31. The number of amides is 1. The number of nitrogens with zero attached hydrogens (tertiary/aromatic N) is 1. The zero-order valence-corrected chi connectivity index (χ0v) is 19.8. The van der Waals surface area contributed by atoms with Crippen LogP contribution < -0.4 is 19.1 Å². The van der Waals surface area contributed by atoms with Crippen LogP contribution in [0.15, 0.2) is 82.6 Å². The number of nitrogens with one attached hydrogen (secondary N) is 1. The summed E-state index contributed by atoms with van der Waals surface area (Å²) in [4.78, 5) is 13.6. The Kier molecular flexibility index (Phi) is 7.59. The molecule has 3 aromatic rings. The lowest BCUT2D eigenvalue weighted by atomic mass is 10.3. The molecule has 1 N–H and O–H groups in total.